The van der Waals surface area contributed by atoms with Crippen LogP contribution in [-0.4, -0.2) is 17.0 Å². The molecule has 3 rings (SSSR count). The van der Waals surface area contributed by atoms with Gasteiger partial charge in [-0.2, -0.15) is 0 Å². The number of rotatable bonds is 1. The van der Waals surface area contributed by atoms with E-state index < -0.39 is 0 Å². The van der Waals surface area contributed by atoms with Gasteiger partial charge in [-0.05, 0) is 64.0 Å². The predicted octanol–water partition coefficient (Wildman–Crippen LogP) is 4.40. The average Bonchev–Trinajstić information content (AvgIpc) is 3.08. The van der Waals surface area contributed by atoms with Crippen LogP contribution in [0.4, 0.5) is 0 Å². The Balaban J connectivity index is 1.90. The zero-order valence-corrected chi connectivity index (χ0v) is 11.9. The fourth-order valence-corrected chi connectivity index (χ4v) is 3.54. The number of likely N-dealkylation sites (tertiary alicyclic amines) is 1. The second-order valence-corrected chi connectivity index (χ2v) is 7.24. The molecule has 0 radical (unpaired) electrons. The normalized spacial score (nSPS) is 27.4. The lowest BCUT2D eigenvalue weighted by atomic mass is 9.82. The van der Waals surface area contributed by atoms with Crippen LogP contribution in [0.2, 0.25) is 0 Å². The van der Waals surface area contributed by atoms with Gasteiger partial charge in [0.2, 0.25) is 0 Å². The van der Waals surface area contributed by atoms with E-state index in [1.54, 1.807) is 0 Å². The van der Waals surface area contributed by atoms with E-state index in [4.69, 9.17) is 0 Å². The third-order valence-electron chi connectivity index (χ3n) is 4.89. The van der Waals surface area contributed by atoms with Gasteiger partial charge in [-0.15, -0.1) is 0 Å². The summed E-state index contributed by atoms with van der Waals surface area (Å²) in [4.78, 5) is 2.71. The molecule has 0 unspecified atom stereocenters. The Kier molecular flexibility index (Phi) is 2.78. The van der Waals surface area contributed by atoms with Crippen molar-refractivity contribution in [3.05, 3.63) is 35.9 Å². The van der Waals surface area contributed by atoms with Crippen LogP contribution in [0, 0.1) is 5.41 Å². The van der Waals surface area contributed by atoms with Crippen molar-refractivity contribution in [1.82, 2.24) is 4.90 Å². The molecule has 0 aromatic heterocycles. The SMILES string of the molecule is CC(C)(C)N1CCC2(CC2)C[C@@H]1c1ccccc1. The van der Waals surface area contributed by atoms with Crippen LogP contribution >= 0.6 is 0 Å². The first-order valence-electron chi connectivity index (χ1n) is 7.32. The van der Waals surface area contributed by atoms with E-state index in [0.717, 1.165) is 0 Å². The van der Waals surface area contributed by atoms with Gasteiger partial charge in [0.15, 0.2) is 0 Å². The van der Waals surface area contributed by atoms with Crippen molar-refractivity contribution >= 4 is 0 Å². The lowest BCUT2D eigenvalue weighted by molar-refractivity contribution is 0.0224. The van der Waals surface area contributed by atoms with Gasteiger partial charge in [0, 0.05) is 11.6 Å². The predicted molar refractivity (Wildman–Crippen MR) is 76.5 cm³/mol. The molecule has 1 aromatic carbocycles. The van der Waals surface area contributed by atoms with Gasteiger partial charge >= 0.3 is 0 Å². The zero-order chi connectivity index (χ0) is 12.8. The van der Waals surface area contributed by atoms with Gasteiger partial charge in [-0.3, -0.25) is 4.90 Å². The van der Waals surface area contributed by atoms with E-state index >= 15 is 0 Å². The number of nitrogens with zero attached hydrogens (tertiary/aromatic N) is 1. The maximum atomic E-state index is 2.71. The molecule has 1 aliphatic carbocycles. The summed E-state index contributed by atoms with van der Waals surface area (Å²) in [6, 6.07) is 11.7. The molecule has 0 N–H and O–H groups in total. The maximum absolute atomic E-state index is 2.71. The minimum Gasteiger partial charge on any atom is -0.291 e. The highest BCUT2D eigenvalue weighted by Gasteiger charge is 2.49. The smallest absolute Gasteiger partial charge is 0.0358 e. The summed E-state index contributed by atoms with van der Waals surface area (Å²) in [5.41, 5.74) is 2.50. The summed E-state index contributed by atoms with van der Waals surface area (Å²) < 4.78 is 0. The van der Waals surface area contributed by atoms with Crippen molar-refractivity contribution < 1.29 is 0 Å². The largest absolute Gasteiger partial charge is 0.291 e. The molecule has 1 heteroatoms. The molecule has 1 saturated heterocycles. The molecule has 2 fully saturated rings. The van der Waals surface area contributed by atoms with Crippen LogP contribution in [0.5, 0.6) is 0 Å². The first kappa shape index (κ1) is 12.2. The van der Waals surface area contributed by atoms with Crippen molar-refractivity contribution in [1.29, 1.82) is 0 Å². The molecule has 98 valence electrons. The second kappa shape index (κ2) is 4.09. The van der Waals surface area contributed by atoms with Gasteiger partial charge in [0.1, 0.15) is 0 Å². The number of hydrogen-bond donors (Lipinski definition) is 0. The molecule has 1 spiro atoms. The first-order chi connectivity index (χ1) is 8.50. The fourth-order valence-electron chi connectivity index (χ4n) is 3.54. The molecule has 1 heterocycles. The highest BCUT2D eigenvalue weighted by molar-refractivity contribution is 5.22. The molecule has 1 saturated carbocycles. The van der Waals surface area contributed by atoms with E-state index in [0.29, 0.717) is 11.5 Å². The van der Waals surface area contributed by atoms with Crippen molar-refractivity contribution in [2.45, 2.75) is 58.0 Å². The van der Waals surface area contributed by atoms with Crippen LogP contribution in [-0.2, 0) is 0 Å². The summed E-state index contributed by atoms with van der Waals surface area (Å²) in [7, 11) is 0. The summed E-state index contributed by atoms with van der Waals surface area (Å²) in [6.45, 7) is 8.33. The van der Waals surface area contributed by atoms with Crippen LogP contribution < -0.4 is 0 Å². The van der Waals surface area contributed by atoms with Gasteiger partial charge in [-0.1, -0.05) is 30.3 Å². The second-order valence-electron chi connectivity index (χ2n) is 7.24. The molecule has 1 atom stereocenters. The van der Waals surface area contributed by atoms with Gasteiger partial charge in [0.25, 0.3) is 0 Å². The monoisotopic (exact) mass is 243 g/mol. The summed E-state index contributed by atoms with van der Waals surface area (Å²) in [6.07, 6.45) is 5.71. The number of piperidine rings is 1. The highest BCUT2D eigenvalue weighted by Crippen LogP contribution is 2.58. The third kappa shape index (κ3) is 2.21. The number of benzene rings is 1. The van der Waals surface area contributed by atoms with Gasteiger partial charge in [0.05, 0.1) is 0 Å². The Morgan fingerprint density at radius 2 is 1.72 bits per heavy atom. The molecular weight excluding hydrogens is 218 g/mol. The minimum absolute atomic E-state index is 0.275. The fraction of sp³-hybridized carbons (Fsp3) is 0.647. The molecule has 1 aromatic rings. The van der Waals surface area contributed by atoms with Gasteiger partial charge in [-0.25, -0.2) is 0 Å². The Hall–Kier alpha value is -0.820. The van der Waals surface area contributed by atoms with Crippen LogP contribution in [0.25, 0.3) is 0 Å². The maximum Gasteiger partial charge on any atom is 0.0358 e. The molecule has 2 aliphatic rings. The van der Waals surface area contributed by atoms with E-state index in [1.165, 1.54) is 37.8 Å². The minimum atomic E-state index is 0.275. The van der Waals surface area contributed by atoms with Crippen molar-refractivity contribution in [2.24, 2.45) is 5.41 Å². The molecule has 0 bridgehead atoms. The molecular formula is C17H25N. The zero-order valence-electron chi connectivity index (χ0n) is 11.9. The Morgan fingerprint density at radius 3 is 2.28 bits per heavy atom. The average molecular weight is 243 g/mol. The Morgan fingerprint density at radius 1 is 1.06 bits per heavy atom. The van der Waals surface area contributed by atoms with E-state index in [-0.39, 0.29) is 5.54 Å². The highest BCUT2D eigenvalue weighted by atomic mass is 15.2. The topological polar surface area (TPSA) is 3.24 Å². The molecule has 18 heavy (non-hydrogen) atoms. The first-order valence-corrected chi connectivity index (χ1v) is 7.32. The van der Waals surface area contributed by atoms with Crippen molar-refractivity contribution in [2.75, 3.05) is 6.54 Å². The van der Waals surface area contributed by atoms with Crippen LogP contribution in [0.15, 0.2) is 30.3 Å². The molecule has 1 aliphatic heterocycles. The molecule has 0 amide bonds. The Bertz CT molecular complexity index is 411. The Labute approximate surface area is 111 Å². The van der Waals surface area contributed by atoms with Crippen LogP contribution in [0.1, 0.15) is 58.1 Å². The third-order valence-corrected chi connectivity index (χ3v) is 4.89. The van der Waals surface area contributed by atoms with E-state index in [9.17, 15) is 0 Å². The quantitative estimate of drug-likeness (QED) is 0.706. The lowest BCUT2D eigenvalue weighted by Gasteiger charge is -2.47. The summed E-state index contributed by atoms with van der Waals surface area (Å²) in [5, 5.41) is 0. The standard InChI is InChI=1S/C17H25N/c1-16(2,3)18-12-11-17(9-10-17)13-15(18)14-7-5-4-6-8-14/h4-8,15H,9-13H2,1-3H3/t15-/m1/s1. The molecule has 1 nitrogen and oxygen atoms in total. The van der Waals surface area contributed by atoms with Crippen molar-refractivity contribution in [3.63, 3.8) is 0 Å². The summed E-state index contributed by atoms with van der Waals surface area (Å²) >= 11 is 0. The van der Waals surface area contributed by atoms with Gasteiger partial charge < -0.3 is 0 Å². The van der Waals surface area contributed by atoms with Crippen LogP contribution in [0.3, 0.4) is 0 Å². The van der Waals surface area contributed by atoms with Crippen molar-refractivity contribution in [3.8, 4) is 0 Å². The number of hydrogen-bond acceptors (Lipinski definition) is 1. The van der Waals surface area contributed by atoms with E-state index in [2.05, 4.69) is 56.0 Å². The van der Waals surface area contributed by atoms with E-state index in [1.807, 2.05) is 0 Å². The summed E-state index contributed by atoms with van der Waals surface area (Å²) in [5.74, 6) is 0. The lowest BCUT2D eigenvalue weighted by Crippen LogP contribution is -2.48.